The molecule has 1 fully saturated rings. The molecule has 1 N–H and O–H groups in total. The summed E-state index contributed by atoms with van der Waals surface area (Å²) in [5, 5.41) is 2.67. The van der Waals surface area contributed by atoms with Gasteiger partial charge in [0, 0.05) is 35.4 Å². The molecule has 7 heteroatoms. The number of hydrogen-bond donors (Lipinski definition) is 1. The second-order valence-corrected chi connectivity index (χ2v) is 10.00. The number of rotatable bonds is 6. The molecule has 162 valence electrons. The zero-order valence-electron chi connectivity index (χ0n) is 17.6. The minimum absolute atomic E-state index is 0.183. The monoisotopic (exact) mass is 524 g/mol. The van der Waals surface area contributed by atoms with Crippen LogP contribution in [-0.2, 0) is 11.4 Å². The third-order valence-electron chi connectivity index (χ3n) is 5.00. The van der Waals surface area contributed by atoms with Gasteiger partial charge in [0.2, 0.25) is 0 Å². The Morgan fingerprint density at radius 1 is 1.06 bits per heavy atom. The Hall–Kier alpha value is -2.61. The minimum Gasteiger partial charge on any atom is -0.488 e. The number of hydrogen-bond acceptors (Lipinski definition) is 5. The van der Waals surface area contributed by atoms with Crippen molar-refractivity contribution < 1.29 is 9.53 Å². The highest BCUT2D eigenvalue weighted by atomic mass is 79.9. The minimum atomic E-state index is -0.183. The average molecular weight is 525 g/mol. The van der Waals surface area contributed by atoms with Gasteiger partial charge in [-0.3, -0.25) is 4.79 Å². The summed E-state index contributed by atoms with van der Waals surface area (Å²) in [5.74, 6) is 0.519. The van der Waals surface area contributed by atoms with Crippen LogP contribution in [0.15, 0.2) is 76.1 Å². The number of halogens is 1. The molecule has 1 aliphatic heterocycles. The van der Waals surface area contributed by atoms with Crippen LogP contribution in [0.5, 0.6) is 5.75 Å². The average Bonchev–Trinajstić information content (AvgIpc) is 3.10. The molecule has 1 saturated heterocycles. The maximum Gasteiger partial charge on any atom is 0.263 e. The molecule has 3 aromatic rings. The van der Waals surface area contributed by atoms with Gasteiger partial charge in [0.1, 0.15) is 16.7 Å². The summed E-state index contributed by atoms with van der Waals surface area (Å²) < 4.78 is 7.62. The standard InChI is InChI=1S/C25H21BrN2O2S2/c1-28(2)20-10-7-16(8-11-20)17-9-12-22(30-15-18-5-3-4-6-21(18)26)19(13-17)14-23-24(29)27-25(31)32-23/h3-14H,15H2,1-2H3,(H,27,29,31). The summed E-state index contributed by atoms with van der Waals surface area (Å²) >= 11 is 9.97. The van der Waals surface area contributed by atoms with Gasteiger partial charge in [-0.25, -0.2) is 0 Å². The number of carbonyl (C=O) groups is 1. The summed E-state index contributed by atoms with van der Waals surface area (Å²) in [5.41, 5.74) is 5.14. The first-order valence-corrected chi connectivity index (χ1v) is 12.0. The van der Waals surface area contributed by atoms with Crippen molar-refractivity contribution in [2.45, 2.75) is 6.61 Å². The van der Waals surface area contributed by atoms with Crippen molar-refractivity contribution in [2.24, 2.45) is 0 Å². The molecule has 0 aromatic heterocycles. The Kier molecular flexibility index (Phi) is 6.98. The van der Waals surface area contributed by atoms with Crippen molar-refractivity contribution in [3.63, 3.8) is 0 Å². The fourth-order valence-corrected chi connectivity index (χ4v) is 4.69. The van der Waals surface area contributed by atoms with E-state index in [0.29, 0.717) is 21.6 Å². The maximum atomic E-state index is 12.2. The molecule has 3 aromatic carbocycles. The molecule has 0 spiro atoms. The lowest BCUT2D eigenvalue weighted by atomic mass is 10.0. The van der Waals surface area contributed by atoms with Crippen LogP contribution in [-0.4, -0.2) is 24.3 Å². The van der Waals surface area contributed by atoms with Crippen LogP contribution in [0.2, 0.25) is 0 Å². The molecule has 4 nitrogen and oxygen atoms in total. The lowest BCUT2D eigenvalue weighted by Crippen LogP contribution is -2.17. The number of carbonyl (C=O) groups excluding carboxylic acids is 1. The van der Waals surface area contributed by atoms with Gasteiger partial charge in [-0.05, 0) is 47.5 Å². The van der Waals surface area contributed by atoms with E-state index >= 15 is 0 Å². The molecule has 0 atom stereocenters. The fraction of sp³-hybridized carbons (Fsp3) is 0.120. The van der Waals surface area contributed by atoms with Gasteiger partial charge in [0.25, 0.3) is 5.91 Å². The van der Waals surface area contributed by atoms with Crippen LogP contribution in [0.1, 0.15) is 11.1 Å². The summed E-state index contributed by atoms with van der Waals surface area (Å²) in [7, 11) is 4.04. The molecule has 0 radical (unpaired) electrons. The van der Waals surface area contributed by atoms with E-state index in [1.807, 2.05) is 62.6 Å². The van der Waals surface area contributed by atoms with Crippen LogP contribution in [0.25, 0.3) is 17.2 Å². The van der Waals surface area contributed by atoms with Crippen molar-refractivity contribution in [2.75, 3.05) is 19.0 Å². The van der Waals surface area contributed by atoms with Gasteiger partial charge in [0.15, 0.2) is 0 Å². The number of thiocarbonyl (C=S) groups is 1. The zero-order valence-corrected chi connectivity index (χ0v) is 20.8. The molecule has 0 bridgehead atoms. The molecule has 1 heterocycles. The quantitative estimate of drug-likeness (QED) is 0.305. The van der Waals surface area contributed by atoms with Gasteiger partial charge in [-0.1, -0.05) is 76.3 Å². The maximum absolute atomic E-state index is 12.2. The molecule has 1 amide bonds. The van der Waals surface area contributed by atoms with E-state index in [2.05, 4.69) is 50.4 Å². The van der Waals surface area contributed by atoms with Crippen molar-refractivity contribution in [3.05, 3.63) is 87.2 Å². The van der Waals surface area contributed by atoms with E-state index in [9.17, 15) is 4.79 Å². The Labute approximate surface area is 205 Å². The first-order chi connectivity index (χ1) is 15.4. The second kappa shape index (κ2) is 9.90. The third kappa shape index (κ3) is 5.23. The van der Waals surface area contributed by atoms with Gasteiger partial charge in [-0.2, -0.15) is 0 Å². The molecule has 0 aliphatic carbocycles. The van der Waals surface area contributed by atoms with Crippen molar-refractivity contribution >= 4 is 61.9 Å². The number of benzene rings is 3. The lowest BCUT2D eigenvalue weighted by Gasteiger charge is -2.14. The van der Waals surface area contributed by atoms with Gasteiger partial charge >= 0.3 is 0 Å². The SMILES string of the molecule is CN(C)c1ccc(-c2ccc(OCc3ccccc3Br)c(C=C3SC(=S)NC3=O)c2)cc1. The van der Waals surface area contributed by atoms with Crippen molar-refractivity contribution in [1.29, 1.82) is 0 Å². The Morgan fingerprint density at radius 3 is 2.44 bits per heavy atom. The van der Waals surface area contributed by atoms with E-state index in [0.717, 1.165) is 32.4 Å². The Morgan fingerprint density at radius 2 is 1.78 bits per heavy atom. The van der Waals surface area contributed by atoms with Crippen LogP contribution in [0.4, 0.5) is 5.69 Å². The summed E-state index contributed by atoms with van der Waals surface area (Å²) in [4.78, 5) is 14.9. The van der Waals surface area contributed by atoms with E-state index < -0.39 is 0 Å². The van der Waals surface area contributed by atoms with E-state index in [-0.39, 0.29) is 5.91 Å². The van der Waals surface area contributed by atoms with Gasteiger partial charge in [0.05, 0.1) is 4.91 Å². The predicted molar refractivity (Wildman–Crippen MR) is 141 cm³/mol. The normalized spacial score (nSPS) is 14.5. The lowest BCUT2D eigenvalue weighted by molar-refractivity contribution is -0.115. The first kappa shape index (κ1) is 22.6. The van der Waals surface area contributed by atoms with Crippen molar-refractivity contribution in [1.82, 2.24) is 5.32 Å². The van der Waals surface area contributed by atoms with Crippen molar-refractivity contribution in [3.8, 4) is 16.9 Å². The largest absolute Gasteiger partial charge is 0.488 e. The van der Waals surface area contributed by atoms with Crippen LogP contribution < -0.4 is 15.0 Å². The van der Waals surface area contributed by atoms with E-state index in [1.165, 1.54) is 11.8 Å². The summed E-state index contributed by atoms with van der Waals surface area (Å²) in [6, 6.07) is 22.3. The zero-order chi connectivity index (χ0) is 22.7. The van der Waals surface area contributed by atoms with Crippen LogP contribution in [0, 0.1) is 0 Å². The fourth-order valence-electron chi connectivity index (χ4n) is 3.26. The highest BCUT2D eigenvalue weighted by molar-refractivity contribution is 9.10. The predicted octanol–water partition coefficient (Wildman–Crippen LogP) is 6.25. The highest BCUT2D eigenvalue weighted by Gasteiger charge is 2.22. The molecule has 0 unspecified atom stereocenters. The molecular weight excluding hydrogens is 504 g/mol. The van der Waals surface area contributed by atoms with Crippen LogP contribution in [0.3, 0.4) is 0 Å². The Bertz CT molecular complexity index is 1210. The third-order valence-corrected chi connectivity index (χ3v) is 6.93. The number of anilines is 1. The molecule has 32 heavy (non-hydrogen) atoms. The molecule has 1 aliphatic rings. The number of amides is 1. The van der Waals surface area contributed by atoms with Crippen LogP contribution >= 0.6 is 39.9 Å². The molecular formula is C25H21BrN2O2S2. The second-order valence-electron chi connectivity index (χ2n) is 7.43. The number of nitrogens with one attached hydrogen (secondary N) is 1. The van der Waals surface area contributed by atoms with E-state index in [4.69, 9.17) is 17.0 Å². The van der Waals surface area contributed by atoms with Gasteiger partial charge in [-0.15, -0.1) is 0 Å². The van der Waals surface area contributed by atoms with Gasteiger partial charge < -0.3 is 15.0 Å². The Balaban J connectivity index is 1.69. The smallest absolute Gasteiger partial charge is 0.263 e. The molecule has 4 rings (SSSR count). The highest BCUT2D eigenvalue weighted by Crippen LogP contribution is 2.33. The number of ether oxygens (including phenoxy) is 1. The summed E-state index contributed by atoms with van der Waals surface area (Å²) in [6.45, 7) is 0.409. The topological polar surface area (TPSA) is 41.6 Å². The molecule has 0 saturated carbocycles. The number of nitrogens with zero attached hydrogens (tertiary/aromatic N) is 1. The van der Waals surface area contributed by atoms with E-state index in [1.54, 1.807) is 0 Å². The summed E-state index contributed by atoms with van der Waals surface area (Å²) in [6.07, 6.45) is 1.84. The number of thioether (sulfide) groups is 1. The first-order valence-electron chi connectivity index (χ1n) is 9.93.